The van der Waals surface area contributed by atoms with Gasteiger partial charge in [0.1, 0.15) is 0 Å². The Bertz CT molecular complexity index is 533. The van der Waals surface area contributed by atoms with Crippen LogP contribution in [-0.2, 0) is 15.7 Å². The number of benzene rings is 1. The summed E-state index contributed by atoms with van der Waals surface area (Å²) in [6.45, 7) is 8.56. The molecule has 0 atom stereocenters. The molecule has 0 aliphatic carbocycles. The van der Waals surface area contributed by atoms with Gasteiger partial charge in [-0.1, -0.05) is 12.1 Å². The van der Waals surface area contributed by atoms with Crippen LogP contribution in [0.1, 0.15) is 38.8 Å². The number of rotatable bonds is 3. The summed E-state index contributed by atoms with van der Waals surface area (Å²) in [6, 6.07) is 7.84. The first kappa shape index (κ1) is 15.1. The van der Waals surface area contributed by atoms with Crippen molar-refractivity contribution < 1.29 is 9.31 Å². The van der Waals surface area contributed by atoms with E-state index in [1.165, 1.54) is 0 Å². The summed E-state index contributed by atoms with van der Waals surface area (Å²) >= 11 is 0. The third-order valence-electron chi connectivity index (χ3n) is 4.23. The van der Waals surface area contributed by atoms with Crippen LogP contribution in [0, 0.1) is 11.3 Å². The van der Waals surface area contributed by atoms with Crippen LogP contribution in [-0.4, -0.2) is 24.9 Å². The van der Waals surface area contributed by atoms with Crippen molar-refractivity contribution in [2.45, 2.75) is 45.3 Å². The Kier molecular flexibility index (Phi) is 3.92. The molecule has 0 saturated carbocycles. The molecule has 5 heteroatoms. The van der Waals surface area contributed by atoms with Crippen LogP contribution < -0.4 is 11.2 Å². The van der Waals surface area contributed by atoms with E-state index in [4.69, 9.17) is 15.0 Å². The minimum Gasteiger partial charge on any atom is -0.399 e. The maximum Gasteiger partial charge on any atom is 0.495 e. The summed E-state index contributed by atoms with van der Waals surface area (Å²) < 4.78 is 12.1. The second-order valence-electron chi connectivity index (χ2n) is 6.11. The van der Waals surface area contributed by atoms with Gasteiger partial charge in [0.2, 0.25) is 0 Å². The van der Waals surface area contributed by atoms with E-state index in [9.17, 15) is 5.26 Å². The van der Waals surface area contributed by atoms with Crippen LogP contribution in [0.25, 0.3) is 0 Å². The number of nitrogens with zero attached hydrogens (tertiary/aromatic N) is 1. The smallest absolute Gasteiger partial charge is 0.399 e. The summed E-state index contributed by atoms with van der Waals surface area (Å²) in [5.41, 5.74) is 7.37. The van der Waals surface area contributed by atoms with Crippen molar-refractivity contribution in [3.8, 4) is 6.07 Å². The number of nitrogens with two attached hydrogens (primary N) is 1. The van der Waals surface area contributed by atoms with Crippen molar-refractivity contribution >= 4 is 12.6 Å². The topological polar surface area (TPSA) is 68.3 Å². The van der Waals surface area contributed by atoms with Crippen LogP contribution in [0.3, 0.4) is 0 Å². The molecule has 1 aliphatic heterocycles. The Morgan fingerprint density at radius 3 is 2.30 bits per heavy atom. The van der Waals surface area contributed by atoms with Crippen LogP contribution in [0.4, 0.5) is 0 Å². The van der Waals surface area contributed by atoms with E-state index in [-0.39, 0.29) is 11.2 Å². The summed E-state index contributed by atoms with van der Waals surface area (Å²) in [5.74, 6) is 0. The first-order chi connectivity index (χ1) is 9.32. The number of hydrogen-bond donors (Lipinski definition) is 1. The minimum absolute atomic E-state index is 0.389. The van der Waals surface area contributed by atoms with Crippen molar-refractivity contribution in [1.82, 2.24) is 0 Å². The SMILES string of the molecule is CC1(C)OB(c2cccc(C#N)c2CCN)OC1(C)C. The molecule has 1 heterocycles. The molecule has 0 radical (unpaired) electrons. The Hall–Kier alpha value is -1.35. The second-order valence-corrected chi connectivity index (χ2v) is 6.11. The molecule has 0 amide bonds. The van der Waals surface area contributed by atoms with Gasteiger partial charge in [-0.25, -0.2) is 0 Å². The zero-order valence-corrected chi connectivity index (χ0v) is 12.6. The molecule has 1 aromatic carbocycles. The summed E-state index contributed by atoms with van der Waals surface area (Å²) in [7, 11) is -0.449. The molecule has 2 rings (SSSR count). The Morgan fingerprint density at radius 2 is 1.80 bits per heavy atom. The van der Waals surface area contributed by atoms with Crippen molar-refractivity contribution in [2.75, 3.05) is 6.54 Å². The zero-order valence-electron chi connectivity index (χ0n) is 12.6. The van der Waals surface area contributed by atoms with Crippen molar-refractivity contribution in [3.63, 3.8) is 0 Å². The highest BCUT2D eigenvalue weighted by atomic mass is 16.7. The highest BCUT2D eigenvalue weighted by molar-refractivity contribution is 6.62. The van der Waals surface area contributed by atoms with Crippen LogP contribution in [0.15, 0.2) is 18.2 Å². The maximum absolute atomic E-state index is 9.25. The average molecular weight is 272 g/mol. The van der Waals surface area contributed by atoms with E-state index in [0.29, 0.717) is 18.5 Å². The molecule has 1 saturated heterocycles. The van der Waals surface area contributed by atoms with E-state index in [1.54, 1.807) is 6.07 Å². The van der Waals surface area contributed by atoms with Gasteiger partial charge >= 0.3 is 7.12 Å². The van der Waals surface area contributed by atoms with Crippen LogP contribution in [0.2, 0.25) is 0 Å². The molecule has 1 fully saturated rings. The molecule has 20 heavy (non-hydrogen) atoms. The molecular weight excluding hydrogens is 251 g/mol. The van der Waals surface area contributed by atoms with Crippen LogP contribution in [0.5, 0.6) is 0 Å². The second kappa shape index (κ2) is 5.21. The molecule has 2 N–H and O–H groups in total. The van der Waals surface area contributed by atoms with Gasteiger partial charge < -0.3 is 15.0 Å². The first-order valence-corrected chi connectivity index (χ1v) is 6.90. The van der Waals surface area contributed by atoms with Crippen molar-refractivity contribution in [1.29, 1.82) is 5.26 Å². The zero-order chi connectivity index (χ0) is 15.0. The van der Waals surface area contributed by atoms with Gasteiger partial charge in [0.15, 0.2) is 0 Å². The minimum atomic E-state index is -0.449. The van der Waals surface area contributed by atoms with Crippen LogP contribution >= 0.6 is 0 Å². The molecule has 0 unspecified atom stereocenters. The molecule has 0 spiro atoms. The van der Waals surface area contributed by atoms with Gasteiger partial charge in [0.05, 0.1) is 22.8 Å². The predicted molar refractivity (Wildman–Crippen MR) is 79.6 cm³/mol. The van der Waals surface area contributed by atoms with Crippen molar-refractivity contribution in [2.24, 2.45) is 5.73 Å². The van der Waals surface area contributed by atoms with E-state index >= 15 is 0 Å². The van der Waals surface area contributed by atoms with E-state index in [0.717, 1.165) is 11.0 Å². The fourth-order valence-electron chi connectivity index (χ4n) is 2.32. The highest BCUT2D eigenvalue weighted by Gasteiger charge is 2.52. The first-order valence-electron chi connectivity index (χ1n) is 6.90. The number of hydrogen-bond acceptors (Lipinski definition) is 4. The summed E-state index contributed by atoms with van der Waals surface area (Å²) in [6.07, 6.45) is 0.642. The fraction of sp³-hybridized carbons (Fsp3) is 0.533. The molecule has 0 bridgehead atoms. The van der Waals surface area contributed by atoms with Crippen molar-refractivity contribution in [3.05, 3.63) is 29.3 Å². The largest absolute Gasteiger partial charge is 0.495 e. The van der Waals surface area contributed by atoms with Gasteiger partial charge in [-0.05, 0) is 57.8 Å². The maximum atomic E-state index is 9.25. The summed E-state index contributed by atoms with van der Waals surface area (Å²) in [4.78, 5) is 0. The Labute approximate surface area is 121 Å². The highest BCUT2D eigenvalue weighted by Crippen LogP contribution is 2.36. The average Bonchev–Trinajstić information content (AvgIpc) is 2.59. The van der Waals surface area contributed by atoms with Gasteiger partial charge in [0.25, 0.3) is 0 Å². The lowest BCUT2D eigenvalue weighted by molar-refractivity contribution is 0.00578. The molecule has 106 valence electrons. The predicted octanol–water partition coefficient (Wildman–Crippen LogP) is 1.36. The molecule has 0 aromatic heterocycles. The van der Waals surface area contributed by atoms with E-state index in [2.05, 4.69) is 6.07 Å². The Balaban J connectivity index is 2.43. The lowest BCUT2D eigenvalue weighted by Gasteiger charge is -2.32. The lowest BCUT2D eigenvalue weighted by Crippen LogP contribution is -2.41. The summed E-state index contributed by atoms with van der Waals surface area (Å²) in [5, 5.41) is 9.25. The molecular formula is C15H21BN2O2. The monoisotopic (exact) mass is 272 g/mol. The van der Waals surface area contributed by atoms with Gasteiger partial charge in [0, 0.05) is 0 Å². The molecule has 1 aromatic rings. The molecule has 4 nitrogen and oxygen atoms in total. The van der Waals surface area contributed by atoms with Gasteiger partial charge in [-0.15, -0.1) is 0 Å². The Morgan fingerprint density at radius 1 is 1.20 bits per heavy atom. The normalized spacial score (nSPS) is 19.9. The lowest BCUT2D eigenvalue weighted by atomic mass is 9.74. The van der Waals surface area contributed by atoms with Gasteiger partial charge in [-0.3, -0.25) is 0 Å². The third-order valence-corrected chi connectivity index (χ3v) is 4.23. The van der Waals surface area contributed by atoms with Gasteiger partial charge in [-0.2, -0.15) is 5.26 Å². The number of nitriles is 1. The standard InChI is InChI=1S/C15H21BN2O2/c1-14(2)15(3,4)20-16(19-14)13-7-5-6-11(10-18)12(13)8-9-17/h5-7H,8-9,17H2,1-4H3. The molecule has 1 aliphatic rings. The van der Waals surface area contributed by atoms with E-state index < -0.39 is 7.12 Å². The quantitative estimate of drug-likeness (QED) is 0.843. The van der Waals surface area contributed by atoms with E-state index in [1.807, 2.05) is 39.8 Å². The fourth-order valence-corrected chi connectivity index (χ4v) is 2.32. The third kappa shape index (κ3) is 2.47.